The summed E-state index contributed by atoms with van der Waals surface area (Å²) in [5.74, 6) is 2.21. The molecule has 0 saturated heterocycles. The normalized spacial score (nSPS) is 38.8. The number of benzene rings is 1. The molecular weight excluding hydrogens is 288 g/mol. The van der Waals surface area contributed by atoms with Gasteiger partial charge >= 0.3 is 0 Å². The molecule has 0 spiro atoms. The molecule has 2 saturated carbocycles. The summed E-state index contributed by atoms with van der Waals surface area (Å²) >= 11 is 0. The van der Waals surface area contributed by atoms with Crippen LogP contribution in [0.3, 0.4) is 0 Å². The van der Waals surface area contributed by atoms with Crippen molar-refractivity contribution < 1.29 is 14.6 Å². The molecular formula is C20H26O3. The Labute approximate surface area is 138 Å². The van der Waals surface area contributed by atoms with Crippen molar-refractivity contribution in [2.45, 2.75) is 58.0 Å². The van der Waals surface area contributed by atoms with Crippen molar-refractivity contribution in [2.24, 2.45) is 17.3 Å². The van der Waals surface area contributed by atoms with Crippen molar-refractivity contribution in [3.63, 3.8) is 0 Å². The molecule has 1 aromatic carbocycles. The van der Waals surface area contributed by atoms with E-state index in [0.29, 0.717) is 35.9 Å². The van der Waals surface area contributed by atoms with Crippen LogP contribution in [-0.2, 0) is 16.0 Å². The monoisotopic (exact) mass is 314 g/mol. The van der Waals surface area contributed by atoms with Crippen LogP contribution in [0.2, 0.25) is 0 Å². The molecule has 0 aliphatic heterocycles. The van der Waals surface area contributed by atoms with Gasteiger partial charge in [0.25, 0.3) is 0 Å². The van der Waals surface area contributed by atoms with E-state index in [4.69, 9.17) is 4.74 Å². The molecule has 0 radical (unpaired) electrons. The predicted octanol–water partition coefficient (Wildman–Crippen LogP) is 3.83. The molecule has 124 valence electrons. The Morgan fingerprint density at radius 3 is 2.91 bits per heavy atom. The van der Waals surface area contributed by atoms with Crippen molar-refractivity contribution in [2.75, 3.05) is 6.61 Å². The minimum atomic E-state index is -0.185. The Hall–Kier alpha value is -1.35. The van der Waals surface area contributed by atoms with E-state index in [-0.39, 0.29) is 11.5 Å². The first-order valence-electron chi connectivity index (χ1n) is 9.01. The summed E-state index contributed by atoms with van der Waals surface area (Å²) in [5.41, 5.74) is 2.43. The van der Waals surface area contributed by atoms with Gasteiger partial charge in [-0.25, -0.2) is 0 Å². The summed E-state index contributed by atoms with van der Waals surface area (Å²) in [6.07, 6.45) is 4.88. The summed E-state index contributed by atoms with van der Waals surface area (Å²) in [6, 6.07) is 5.81. The molecule has 0 bridgehead atoms. The average molecular weight is 314 g/mol. The minimum Gasteiger partial charge on any atom is -0.508 e. The van der Waals surface area contributed by atoms with E-state index in [9.17, 15) is 9.90 Å². The molecule has 3 heteroatoms. The largest absolute Gasteiger partial charge is 0.508 e. The minimum absolute atomic E-state index is 0.122. The second kappa shape index (κ2) is 5.34. The van der Waals surface area contributed by atoms with Gasteiger partial charge in [-0.3, -0.25) is 4.79 Å². The maximum absolute atomic E-state index is 12.6. The number of phenolic OH excluding ortho intramolecular Hbond substituents is 1. The van der Waals surface area contributed by atoms with E-state index < -0.39 is 0 Å². The van der Waals surface area contributed by atoms with Gasteiger partial charge < -0.3 is 9.84 Å². The smallest absolute Gasteiger partial charge is 0.139 e. The quantitative estimate of drug-likeness (QED) is 0.902. The molecule has 3 nitrogen and oxygen atoms in total. The average Bonchev–Trinajstić information content (AvgIpc) is 2.82. The van der Waals surface area contributed by atoms with Gasteiger partial charge in [0.05, 0.1) is 6.10 Å². The molecule has 1 N–H and O–H groups in total. The standard InChI is InChI=1S/C20H26O3/c1-3-23-17-11-20(2)16(8-9-18(20)22)15-6-4-12-10-13(21)5-7-14(12)19(15)17/h5,7,10,15-17,19,21H,3-4,6,8-9,11H2,1-2H3/t15-,16-,17+,19+,20-/m0/s1. The highest BCUT2D eigenvalue weighted by atomic mass is 16.5. The van der Waals surface area contributed by atoms with Gasteiger partial charge in [0.15, 0.2) is 0 Å². The fourth-order valence-electron chi connectivity index (χ4n) is 5.76. The number of aryl methyl sites for hydroxylation is 1. The Morgan fingerprint density at radius 2 is 2.13 bits per heavy atom. The van der Waals surface area contributed by atoms with Crippen molar-refractivity contribution in [1.29, 1.82) is 0 Å². The third kappa shape index (κ3) is 2.16. The number of carbonyl (C=O) groups is 1. The van der Waals surface area contributed by atoms with E-state index >= 15 is 0 Å². The van der Waals surface area contributed by atoms with Crippen LogP contribution in [0, 0.1) is 17.3 Å². The number of aromatic hydroxyl groups is 1. The van der Waals surface area contributed by atoms with Gasteiger partial charge in [-0.15, -0.1) is 0 Å². The zero-order chi connectivity index (χ0) is 16.2. The van der Waals surface area contributed by atoms with Gasteiger partial charge in [0.1, 0.15) is 11.5 Å². The number of ether oxygens (including phenoxy) is 1. The molecule has 23 heavy (non-hydrogen) atoms. The second-order valence-corrected chi connectivity index (χ2v) is 7.80. The Kier molecular flexibility index (Phi) is 3.53. The third-order valence-corrected chi connectivity index (χ3v) is 6.76. The zero-order valence-corrected chi connectivity index (χ0v) is 14.0. The molecule has 3 aliphatic rings. The van der Waals surface area contributed by atoms with Gasteiger partial charge in [-0.2, -0.15) is 0 Å². The Bertz CT molecular complexity index is 638. The van der Waals surface area contributed by atoms with Crippen LogP contribution in [0.25, 0.3) is 0 Å². The molecule has 0 aromatic heterocycles. The molecule has 0 amide bonds. The lowest BCUT2D eigenvalue weighted by molar-refractivity contribution is -0.136. The number of carbonyl (C=O) groups excluding carboxylic acids is 1. The molecule has 0 heterocycles. The summed E-state index contributed by atoms with van der Waals surface area (Å²) in [5, 5.41) is 9.80. The molecule has 1 aromatic rings. The van der Waals surface area contributed by atoms with Gasteiger partial charge in [0, 0.05) is 24.4 Å². The van der Waals surface area contributed by atoms with Gasteiger partial charge in [-0.05, 0) is 67.7 Å². The fraction of sp³-hybridized carbons (Fsp3) is 0.650. The highest BCUT2D eigenvalue weighted by Gasteiger charge is 2.58. The summed E-state index contributed by atoms with van der Waals surface area (Å²) in [7, 11) is 0. The number of phenols is 1. The molecule has 0 unspecified atom stereocenters. The maximum Gasteiger partial charge on any atom is 0.139 e. The van der Waals surface area contributed by atoms with Crippen molar-refractivity contribution in [1.82, 2.24) is 0 Å². The first-order chi connectivity index (χ1) is 11.0. The Balaban J connectivity index is 1.78. The maximum atomic E-state index is 12.6. The van der Waals surface area contributed by atoms with Crippen LogP contribution in [0.1, 0.15) is 56.6 Å². The number of hydrogen-bond acceptors (Lipinski definition) is 3. The van der Waals surface area contributed by atoms with E-state index in [1.54, 1.807) is 6.07 Å². The van der Waals surface area contributed by atoms with E-state index in [0.717, 1.165) is 32.1 Å². The number of fused-ring (bicyclic) bond motifs is 5. The van der Waals surface area contributed by atoms with Crippen molar-refractivity contribution in [3.8, 4) is 5.75 Å². The fourth-order valence-corrected chi connectivity index (χ4v) is 5.76. The SMILES string of the molecule is CCO[C@@H]1C[C@]2(C)C(=O)CC[C@H]2[C@@H]2CCc3cc(O)ccc3[C@H]21. The predicted molar refractivity (Wildman–Crippen MR) is 88.5 cm³/mol. The van der Waals surface area contributed by atoms with Crippen molar-refractivity contribution in [3.05, 3.63) is 29.3 Å². The number of hydrogen-bond donors (Lipinski definition) is 1. The van der Waals surface area contributed by atoms with Gasteiger partial charge in [-0.1, -0.05) is 13.0 Å². The van der Waals surface area contributed by atoms with Crippen LogP contribution in [0.5, 0.6) is 5.75 Å². The van der Waals surface area contributed by atoms with E-state index in [1.165, 1.54) is 11.1 Å². The number of rotatable bonds is 2. The summed E-state index contributed by atoms with van der Waals surface area (Å²) in [6.45, 7) is 4.91. The topological polar surface area (TPSA) is 46.5 Å². The number of ketones is 1. The third-order valence-electron chi connectivity index (χ3n) is 6.76. The van der Waals surface area contributed by atoms with Crippen LogP contribution in [-0.4, -0.2) is 23.6 Å². The first-order valence-corrected chi connectivity index (χ1v) is 9.01. The number of Topliss-reactive ketones (excluding diaryl/α,β-unsaturated/α-hetero) is 1. The second-order valence-electron chi connectivity index (χ2n) is 7.80. The Morgan fingerprint density at radius 1 is 1.30 bits per heavy atom. The molecule has 5 atom stereocenters. The van der Waals surface area contributed by atoms with Crippen LogP contribution >= 0.6 is 0 Å². The summed E-state index contributed by atoms with van der Waals surface area (Å²) < 4.78 is 6.15. The van der Waals surface area contributed by atoms with Crippen LogP contribution < -0.4 is 0 Å². The molecule has 2 fully saturated rings. The lowest BCUT2D eigenvalue weighted by Gasteiger charge is -2.51. The van der Waals surface area contributed by atoms with Gasteiger partial charge in [0.2, 0.25) is 0 Å². The molecule has 4 rings (SSSR count). The zero-order valence-electron chi connectivity index (χ0n) is 14.0. The lowest BCUT2D eigenvalue weighted by atomic mass is 9.54. The van der Waals surface area contributed by atoms with E-state index in [2.05, 4.69) is 13.0 Å². The lowest BCUT2D eigenvalue weighted by Crippen LogP contribution is -2.49. The highest BCUT2D eigenvalue weighted by molar-refractivity contribution is 5.87. The summed E-state index contributed by atoms with van der Waals surface area (Å²) in [4.78, 5) is 12.6. The molecule has 3 aliphatic carbocycles. The highest BCUT2D eigenvalue weighted by Crippen LogP contribution is 2.60. The first kappa shape index (κ1) is 15.2. The van der Waals surface area contributed by atoms with Crippen LogP contribution in [0.15, 0.2) is 18.2 Å². The van der Waals surface area contributed by atoms with Crippen LogP contribution in [0.4, 0.5) is 0 Å². The van der Waals surface area contributed by atoms with E-state index in [1.807, 2.05) is 13.0 Å². The van der Waals surface area contributed by atoms with Crippen molar-refractivity contribution >= 4 is 5.78 Å².